The predicted molar refractivity (Wildman–Crippen MR) is 88.8 cm³/mol. The molecule has 0 bridgehead atoms. The number of carbonyl (C=O) groups is 1. The summed E-state index contributed by atoms with van der Waals surface area (Å²) in [7, 11) is 1.38. The number of hydrogen-bond acceptors (Lipinski definition) is 3. The van der Waals surface area contributed by atoms with Crippen molar-refractivity contribution in [1.29, 1.82) is 0 Å². The molecular formula is C14H10BrIO2S. The molecule has 0 aliphatic carbocycles. The minimum Gasteiger partial charge on any atom is -0.465 e. The molecule has 0 spiro atoms. The van der Waals surface area contributed by atoms with Crippen molar-refractivity contribution in [2.45, 2.75) is 9.79 Å². The van der Waals surface area contributed by atoms with E-state index in [9.17, 15) is 4.79 Å². The van der Waals surface area contributed by atoms with Gasteiger partial charge in [0.1, 0.15) is 0 Å². The number of carbonyl (C=O) groups excluding carboxylic acids is 1. The third kappa shape index (κ3) is 3.97. The molecule has 5 heteroatoms. The first-order chi connectivity index (χ1) is 9.10. The first kappa shape index (κ1) is 14.9. The van der Waals surface area contributed by atoms with Crippen molar-refractivity contribution in [1.82, 2.24) is 0 Å². The van der Waals surface area contributed by atoms with Crippen LogP contribution in [0.2, 0.25) is 0 Å². The molecular weight excluding hydrogens is 439 g/mol. The van der Waals surface area contributed by atoms with Gasteiger partial charge in [-0.1, -0.05) is 11.8 Å². The summed E-state index contributed by atoms with van der Waals surface area (Å²) in [6, 6.07) is 13.6. The first-order valence-corrected chi connectivity index (χ1v) is 8.10. The Labute approximate surface area is 138 Å². The summed E-state index contributed by atoms with van der Waals surface area (Å²) in [4.78, 5) is 13.6. The molecule has 2 aromatic rings. The molecule has 0 atom stereocenters. The standard InChI is InChI=1S/C14H10BrIO2S/c1-18-14(17)9-2-5-11(6-3-9)19-13-7-4-10(16)8-12(13)15/h2-8H,1H3. The Kier molecular flexibility index (Phi) is 5.29. The number of halogens is 2. The second-order valence-electron chi connectivity index (χ2n) is 3.69. The van der Waals surface area contributed by atoms with E-state index in [4.69, 9.17) is 0 Å². The fourth-order valence-electron chi connectivity index (χ4n) is 1.46. The zero-order chi connectivity index (χ0) is 13.8. The van der Waals surface area contributed by atoms with Gasteiger partial charge in [-0.2, -0.15) is 0 Å². The maximum atomic E-state index is 11.3. The summed E-state index contributed by atoms with van der Waals surface area (Å²) >= 11 is 7.48. The molecule has 0 aliphatic rings. The lowest BCUT2D eigenvalue weighted by atomic mass is 10.2. The number of rotatable bonds is 3. The van der Waals surface area contributed by atoms with Gasteiger partial charge in [-0.25, -0.2) is 4.79 Å². The Bertz CT molecular complexity index is 599. The summed E-state index contributed by atoms with van der Waals surface area (Å²) in [6.45, 7) is 0. The third-order valence-electron chi connectivity index (χ3n) is 2.40. The number of methoxy groups -OCH3 is 1. The second kappa shape index (κ2) is 6.76. The largest absolute Gasteiger partial charge is 0.465 e. The van der Waals surface area contributed by atoms with Crippen molar-refractivity contribution in [3.05, 3.63) is 56.1 Å². The molecule has 98 valence electrons. The molecule has 2 nitrogen and oxygen atoms in total. The molecule has 2 rings (SSSR count). The van der Waals surface area contributed by atoms with E-state index < -0.39 is 0 Å². The van der Waals surface area contributed by atoms with Crippen molar-refractivity contribution in [2.24, 2.45) is 0 Å². The summed E-state index contributed by atoms with van der Waals surface area (Å²) in [6.07, 6.45) is 0. The lowest BCUT2D eigenvalue weighted by molar-refractivity contribution is 0.0600. The van der Waals surface area contributed by atoms with Crippen molar-refractivity contribution >= 4 is 56.3 Å². The smallest absolute Gasteiger partial charge is 0.337 e. The minimum absolute atomic E-state index is 0.313. The van der Waals surface area contributed by atoms with Crippen LogP contribution in [0.5, 0.6) is 0 Å². The van der Waals surface area contributed by atoms with E-state index >= 15 is 0 Å². The highest BCUT2D eigenvalue weighted by atomic mass is 127. The second-order valence-corrected chi connectivity index (χ2v) is 6.91. The average Bonchev–Trinajstić information content (AvgIpc) is 2.42. The van der Waals surface area contributed by atoms with Crippen molar-refractivity contribution in [3.8, 4) is 0 Å². The third-order valence-corrected chi connectivity index (χ3v) is 5.07. The van der Waals surface area contributed by atoms with Crippen LogP contribution in [0.1, 0.15) is 10.4 Å². The van der Waals surface area contributed by atoms with E-state index in [2.05, 4.69) is 61.5 Å². The van der Waals surface area contributed by atoms with Gasteiger partial charge >= 0.3 is 5.97 Å². The normalized spacial score (nSPS) is 10.3. The molecule has 0 fully saturated rings. The summed E-state index contributed by atoms with van der Waals surface area (Å²) < 4.78 is 6.93. The van der Waals surface area contributed by atoms with Gasteiger partial charge in [-0.05, 0) is 81.0 Å². The minimum atomic E-state index is -0.313. The van der Waals surface area contributed by atoms with Gasteiger partial charge in [0.25, 0.3) is 0 Å². The van der Waals surface area contributed by atoms with Gasteiger partial charge in [0.2, 0.25) is 0 Å². The van der Waals surface area contributed by atoms with Crippen LogP contribution in [0.3, 0.4) is 0 Å². The quantitative estimate of drug-likeness (QED) is 0.488. The van der Waals surface area contributed by atoms with Crippen LogP contribution in [0.25, 0.3) is 0 Å². The van der Waals surface area contributed by atoms with Crippen LogP contribution in [0, 0.1) is 3.57 Å². The number of esters is 1. The van der Waals surface area contributed by atoms with Crippen molar-refractivity contribution < 1.29 is 9.53 Å². The van der Waals surface area contributed by atoms with E-state index in [-0.39, 0.29) is 5.97 Å². The van der Waals surface area contributed by atoms with Gasteiger partial charge in [0.05, 0.1) is 12.7 Å². The molecule has 0 radical (unpaired) electrons. The van der Waals surface area contributed by atoms with Gasteiger partial charge in [-0.15, -0.1) is 0 Å². The van der Waals surface area contributed by atoms with Crippen LogP contribution in [-0.2, 0) is 4.74 Å². The highest BCUT2D eigenvalue weighted by Gasteiger charge is 2.06. The van der Waals surface area contributed by atoms with Crippen LogP contribution in [-0.4, -0.2) is 13.1 Å². The molecule has 0 unspecified atom stereocenters. The van der Waals surface area contributed by atoms with Crippen LogP contribution in [0.4, 0.5) is 0 Å². The van der Waals surface area contributed by atoms with Crippen LogP contribution < -0.4 is 0 Å². The summed E-state index contributed by atoms with van der Waals surface area (Å²) in [5, 5.41) is 0. The van der Waals surface area contributed by atoms with E-state index in [0.717, 1.165) is 14.3 Å². The molecule has 2 aromatic carbocycles. The maximum Gasteiger partial charge on any atom is 0.337 e. The van der Waals surface area contributed by atoms with Gasteiger partial charge in [0, 0.05) is 17.8 Å². The topological polar surface area (TPSA) is 26.3 Å². The van der Waals surface area contributed by atoms with Crippen molar-refractivity contribution in [3.63, 3.8) is 0 Å². The van der Waals surface area contributed by atoms with E-state index in [1.807, 2.05) is 12.1 Å². The number of ether oxygens (including phenoxy) is 1. The molecule has 0 N–H and O–H groups in total. The highest BCUT2D eigenvalue weighted by molar-refractivity contribution is 14.1. The first-order valence-electron chi connectivity index (χ1n) is 5.41. The van der Waals surface area contributed by atoms with Gasteiger partial charge < -0.3 is 4.74 Å². The predicted octanol–water partition coefficient (Wildman–Crippen LogP) is 4.99. The average molecular weight is 449 g/mol. The Hall–Kier alpha value is -0.530. The maximum absolute atomic E-state index is 11.3. The molecule has 0 heterocycles. The van der Waals surface area contributed by atoms with E-state index in [1.165, 1.54) is 10.7 Å². The van der Waals surface area contributed by atoms with Gasteiger partial charge in [-0.3, -0.25) is 0 Å². The van der Waals surface area contributed by atoms with E-state index in [1.54, 1.807) is 23.9 Å². The Morgan fingerprint density at radius 3 is 2.47 bits per heavy atom. The molecule has 19 heavy (non-hydrogen) atoms. The van der Waals surface area contributed by atoms with Crippen molar-refractivity contribution in [2.75, 3.05) is 7.11 Å². The monoisotopic (exact) mass is 448 g/mol. The Balaban J connectivity index is 2.17. The zero-order valence-electron chi connectivity index (χ0n) is 10.0. The van der Waals surface area contributed by atoms with Crippen LogP contribution in [0.15, 0.2) is 56.7 Å². The highest BCUT2D eigenvalue weighted by Crippen LogP contribution is 2.34. The zero-order valence-corrected chi connectivity index (χ0v) is 14.6. The fourth-order valence-corrected chi connectivity index (χ4v) is 3.82. The number of benzene rings is 2. The lowest BCUT2D eigenvalue weighted by Crippen LogP contribution is -2.00. The molecule has 0 aromatic heterocycles. The molecule has 0 aliphatic heterocycles. The fraction of sp³-hybridized carbons (Fsp3) is 0.0714. The van der Waals surface area contributed by atoms with Gasteiger partial charge in [0.15, 0.2) is 0 Å². The molecule has 0 saturated heterocycles. The summed E-state index contributed by atoms with van der Waals surface area (Å²) in [5.74, 6) is -0.313. The van der Waals surface area contributed by atoms with E-state index in [0.29, 0.717) is 5.56 Å². The molecule has 0 amide bonds. The van der Waals surface area contributed by atoms with Crippen LogP contribution >= 0.6 is 50.3 Å². The number of hydrogen-bond donors (Lipinski definition) is 0. The SMILES string of the molecule is COC(=O)c1ccc(Sc2ccc(I)cc2Br)cc1. The summed E-state index contributed by atoms with van der Waals surface area (Å²) in [5.41, 5.74) is 0.563. The Morgan fingerprint density at radius 2 is 1.89 bits per heavy atom. The Morgan fingerprint density at radius 1 is 1.21 bits per heavy atom. The lowest BCUT2D eigenvalue weighted by Gasteiger charge is -2.05. The molecule has 0 saturated carbocycles.